The maximum Gasteiger partial charge on any atom is 0.317 e. The number of rotatable bonds is 5. The highest BCUT2D eigenvalue weighted by atomic mass is 32.2. The largest absolute Gasteiger partial charge is 0.481 e. The van der Waals surface area contributed by atoms with E-state index < -0.39 is 22.7 Å². The van der Waals surface area contributed by atoms with Gasteiger partial charge in [-0.2, -0.15) is 0 Å². The van der Waals surface area contributed by atoms with Gasteiger partial charge in [0, 0.05) is 41.4 Å². The van der Waals surface area contributed by atoms with Gasteiger partial charge in [-0.1, -0.05) is 6.92 Å². The van der Waals surface area contributed by atoms with Crippen molar-refractivity contribution in [3.8, 4) is 0 Å². The molecule has 2 amide bonds. The fourth-order valence-electron chi connectivity index (χ4n) is 2.07. The van der Waals surface area contributed by atoms with Gasteiger partial charge in [-0.15, -0.1) is 0 Å². The highest BCUT2D eigenvalue weighted by Crippen LogP contribution is 2.23. The first kappa shape index (κ1) is 14.9. The molecule has 0 spiro atoms. The molecule has 0 aliphatic carbocycles. The number of nitrogens with one attached hydrogen (secondary N) is 1. The van der Waals surface area contributed by atoms with Gasteiger partial charge in [0.2, 0.25) is 0 Å². The van der Waals surface area contributed by atoms with Crippen LogP contribution >= 0.6 is 0 Å². The summed E-state index contributed by atoms with van der Waals surface area (Å²) in [4.78, 5) is 24.3. The van der Waals surface area contributed by atoms with Crippen LogP contribution in [0.2, 0.25) is 0 Å². The monoisotopic (exact) mass is 276 g/mol. The van der Waals surface area contributed by atoms with E-state index in [1.54, 1.807) is 6.92 Å². The van der Waals surface area contributed by atoms with Crippen molar-refractivity contribution in [1.29, 1.82) is 0 Å². The SMILES string of the molecule is CCS(=O)CCNC(=O)N1CCC(C(=O)O)C1C. The minimum absolute atomic E-state index is 0.264. The molecule has 0 aromatic heterocycles. The third-order valence-electron chi connectivity index (χ3n) is 3.26. The molecule has 18 heavy (non-hydrogen) atoms. The van der Waals surface area contributed by atoms with Crippen LogP contribution in [-0.4, -0.2) is 56.9 Å². The van der Waals surface area contributed by atoms with Gasteiger partial charge in [0.25, 0.3) is 0 Å². The van der Waals surface area contributed by atoms with Crippen molar-refractivity contribution in [3.63, 3.8) is 0 Å². The summed E-state index contributed by atoms with van der Waals surface area (Å²) in [7, 11) is -0.895. The average molecular weight is 276 g/mol. The summed E-state index contributed by atoms with van der Waals surface area (Å²) in [5, 5.41) is 11.6. The Morgan fingerprint density at radius 2 is 2.17 bits per heavy atom. The zero-order chi connectivity index (χ0) is 13.7. The van der Waals surface area contributed by atoms with Gasteiger partial charge in [0.15, 0.2) is 0 Å². The number of amides is 2. The van der Waals surface area contributed by atoms with Gasteiger partial charge in [-0.25, -0.2) is 4.79 Å². The van der Waals surface area contributed by atoms with Crippen molar-refractivity contribution >= 4 is 22.8 Å². The van der Waals surface area contributed by atoms with Crippen LogP contribution in [0.4, 0.5) is 4.79 Å². The van der Waals surface area contributed by atoms with Gasteiger partial charge >= 0.3 is 12.0 Å². The molecule has 1 aliphatic rings. The molecular weight excluding hydrogens is 256 g/mol. The van der Waals surface area contributed by atoms with E-state index in [9.17, 15) is 13.8 Å². The number of carboxylic acid groups (broad SMARTS) is 1. The number of urea groups is 1. The molecular formula is C11H20N2O4S. The Balaban J connectivity index is 2.39. The number of hydrogen-bond acceptors (Lipinski definition) is 3. The third-order valence-corrected chi connectivity index (χ3v) is 4.56. The Morgan fingerprint density at radius 3 is 2.67 bits per heavy atom. The van der Waals surface area contributed by atoms with E-state index in [1.165, 1.54) is 4.90 Å². The molecule has 1 saturated heterocycles. The third kappa shape index (κ3) is 3.69. The van der Waals surface area contributed by atoms with E-state index in [1.807, 2.05) is 6.92 Å². The molecule has 3 atom stereocenters. The summed E-state index contributed by atoms with van der Waals surface area (Å²) >= 11 is 0. The van der Waals surface area contributed by atoms with Crippen LogP contribution < -0.4 is 5.32 Å². The normalized spacial score (nSPS) is 24.9. The first-order valence-corrected chi connectivity index (χ1v) is 7.58. The van der Waals surface area contributed by atoms with Crippen molar-refractivity contribution in [2.24, 2.45) is 5.92 Å². The predicted molar refractivity (Wildman–Crippen MR) is 68.9 cm³/mol. The molecule has 0 aromatic rings. The van der Waals surface area contributed by atoms with Crippen LogP contribution in [0, 0.1) is 5.92 Å². The van der Waals surface area contributed by atoms with Gasteiger partial charge in [-0.3, -0.25) is 9.00 Å². The Labute approximate surface area is 109 Å². The van der Waals surface area contributed by atoms with Crippen molar-refractivity contribution < 1.29 is 18.9 Å². The maximum atomic E-state index is 11.8. The summed E-state index contributed by atoms with van der Waals surface area (Å²) in [6.45, 7) is 4.40. The van der Waals surface area contributed by atoms with E-state index >= 15 is 0 Å². The minimum Gasteiger partial charge on any atom is -0.481 e. The molecule has 1 fully saturated rings. The molecule has 0 saturated carbocycles. The number of carboxylic acids is 1. The molecule has 7 heteroatoms. The topological polar surface area (TPSA) is 86.7 Å². The first-order valence-electron chi connectivity index (χ1n) is 6.09. The van der Waals surface area contributed by atoms with Gasteiger partial charge in [-0.05, 0) is 13.3 Å². The molecule has 0 aromatic carbocycles. The first-order chi connectivity index (χ1) is 8.47. The lowest BCUT2D eigenvalue weighted by Gasteiger charge is -2.23. The zero-order valence-corrected chi connectivity index (χ0v) is 11.5. The van der Waals surface area contributed by atoms with E-state index in [-0.39, 0.29) is 12.1 Å². The lowest BCUT2D eigenvalue weighted by atomic mass is 10.0. The van der Waals surface area contributed by atoms with Crippen molar-refractivity contribution in [3.05, 3.63) is 0 Å². The molecule has 0 radical (unpaired) electrons. The number of aliphatic carboxylic acids is 1. The molecule has 1 aliphatic heterocycles. The van der Waals surface area contributed by atoms with Crippen LogP contribution in [0.15, 0.2) is 0 Å². The number of carbonyl (C=O) groups excluding carboxylic acids is 1. The lowest BCUT2D eigenvalue weighted by molar-refractivity contribution is -0.142. The molecule has 0 bridgehead atoms. The van der Waals surface area contributed by atoms with E-state index in [0.29, 0.717) is 31.0 Å². The van der Waals surface area contributed by atoms with E-state index in [2.05, 4.69) is 5.32 Å². The van der Waals surface area contributed by atoms with Crippen molar-refractivity contribution in [2.75, 3.05) is 24.6 Å². The smallest absolute Gasteiger partial charge is 0.317 e. The average Bonchev–Trinajstić information content (AvgIpc) is 2.70. The minimum atomic E-state index is -0.895. The van der Waals surface area contributed by atoms with Crippen LogP contribution in [0.5, 0.6) is 0 Å². The van der Waals surface area contributed by atoms with Crippen LogP contribution in [0.3, 0.4) is 0 Å². The fourth-order valence-corrected chi connectivity index (χ4v) is 2.69. The lowest BCUT2D eigenvalue weighted by Crippen LogP contribution is -2.44. The van der Waals surface area contributed by atoms with E-state index in [4.69, 9.17) is 5.11 Å². The number of nitrogens with zero attached hydrogens (tertiary/aromatic N) is 1. The van der Waals surface area contributed by atoms with Crippen molar-refractivity contribution in [2.45, 2.75) is 26.3 Å². The Morgan fingerprint density at radius 1 is 1.50 bits per heavy atom. The summed E-state index contributed by atoms with van der Waals surface area (Å²) in [6, 6.07) is -0.557. The number of likely N-dealkylation sites (tertiary alicyclic amines) is 1. The Hall–Kier alpha value is -1.11. The van der Waals surface area contributed by atoms with Crippen LogP contribution in [-0.2, 0) is 15.6 Å². The Bertz CT molecular complexity index is 348. The van der Waals surface area contributed by atoms with Crippen LogP contribution in [0.25, 0.3) is 0 Å². The number of carbonyl (C=O) groups is 2. The van der Waals surface area contributed by atoms with Crippen molar-refractivity contribution in [1.82, 2.24) is 10.2 Å². The van der Waals surface area contributed by atoms with Crippen LogP contribution in [0.1, 0.15) is 20.3 Å². The fraction of sp³-hybridized carbons (Fsp3) is 0.818. The molecule has 3 unspecified atom stereocenters. The second-order valence-corrected chi connectivity index (χ2v) is 6.20. The van der Waals surface area contributed by atoms with E-state index in [0.717, 1.165) is 0 Å². The molecule has 1 rings (SSSR count). The molecule has 6 nitrogen and oxygen atoms in total. The van der Waals surface area contributed by atoms with Gasteiger partial charge < -0.3 is 15.3 Å². The summed E-state index contributed by atoms with van der Waals surface area (Å²) in [5.74, 6) is -0.324. The highest BCUT2D eigenvalue weighted by Gasteiger charge is 2.37. The molecule has 104 valence electrons. The maximum absolute atomic E-state index is 11.8. The second-order valence-electron chi connectivity index (χ2n) is 4.33. The second kappa shape index (κ2) is 6.72. The molecule has 2 N–H and O–H groups in total. The summed E-state index contributed by atoms with van der Waals surface area (Å²) in [6.07, 6.45) is 0.491. The van der Waals surface area contributed by atoms with Gasteiger partial charge in [0.05, 0.1) is 5.92 Å². The standard InChI is InChI=1S/C11H20N2O4S/c1-3-18(17)7-5-12-11(16)13-6-4-9(8(13)2)10(14)15/h8-9H,3-7H2,1-2H3,(H,12,16)(H,14,15). The molecule has 1 heterocycles. The predicted octanol–water partition coefficient (Wildman–Crippen LogP) is 0.260. The Kier molecular flexibility index (Phi) is 5.58. The quantitative estimate of drug-likeness (QED) is 0.754. The van der Waals surface area contributed by atoms with Gasteiger partial charge in [0.1, 0.15) is 0 Å². The zero-order valence-electron chi connectivity index (χ0n) is 10.7. The highest BCUT2D eigenvalue weighted by molar-refractivity contribution is 7.84. The summed E-state index contributed by atoms with van der Waals surface area (Å²) in [5.41, 5.74) is 0. The summed E-state index contributed by atoms with van der Waals surface area (Å²) < 4.78 is 11.2. The number of hydrogen-bond donors (Lipinski definition) is 2.